The minimum atomic E-state index is 0.715. The highest BCUT2D eigenvalue weighted by molar-refractivity contribution is 5.59. The van der Waals surface area contributed by atoms with Crippen LogP contribution in [0.1, 0.15) is 5.76 Å². The van der Waals surface area contributed by atoms with Crippen LogP contribution in [0.25, 0.3) is 17.1 Å². The van der Waals surface area contributed by atoms with Crippen molar-refractivity contribution in [2.45, 2.75) is 6.92 Å². The zero-order valence-corrected chi connectivity index (χ0v) is 8.84. The first-order chi connectivity index (χ1) is 7.72. The van der Waals surface area contributed by atoms with Crippen molar-refractivity contribution in [2.24, 2.45) is 0 Å². The van der Waals surface area contributed by atoms with Gasteiger partial charge in [-0.05, 0) is 31.2 Å². The molecule has 3 aromatic rings. The van der Waals surface area contributed by atoms with Gasteiger partial charge in [0.05, 0.1) is 0 Å². The second-order valence-corrected chi connectivity index (χ2v) is 3.76. The van der Waals surface area contributed by atoms with E-state index in [2.05, 4.69) is 4.98 Å². The fourth-order valence-electron chi connectivity index (χ4n) is 1.70. The van der Waals surface area contributed by atoms with Crippen molar-refractivity contribution in [3.05, 3.63) is 42.4 Å². The molecule has 3 heterocycles. The van der Waals surface area contributed by atoms with Gasteiger partial charge in [-0.3, -0.25) is 0 Å². The molecule has 0 radical (unpaired) electrons. The van der Waals surface area contributed by atoms with Crippen LogP contribution in [0, 0.1) is 6.92 Å². The van der Waals surface area contributed by atoms with Gasteiger partial charge in [-0.25, -0.2) is 4.98 Å². The molecule has 0 bridgehead atoms. The molecule has 0 atom stereocenters. The zero-order chi connectivity index (χ0) is 11.1. The summed E-state index contributed by atoms with van der Waals surface area (Å²) < 4.78 is 7.41. The van der Waals surface area contributed by atoms with E-state index in [9.17, 15) is 0 Å². The molecule has 0 saturated heterocycles. The van der Waals surface area contributed by atoms with E-state index < -0.39 is 0 Å². The lowest BCUT2D eigenvalue weighted by Gasteiger charge is -1.93. The summed E-state index contributed by atoms with van der Waals surface area (Å²) in [7, 11) is 0. The number of imidazole rings is 1. The van der Waals surface area contributed by atoms with Gasteiger partial charge < -0.3 is 14.6 Å². The minimum absolute atomic E-state index is 0.715. The molecule has 3 rings (SSSR count). The topological polar surface area (TPSA) is 56.5 Å². The van der Waals surface area contributed by atoms with Crippen LogP contribution in [0.15, 0.2) is 41.1 Å². The third-order valence-electron chi connectivity index (χ3n) is 2.47. The number of hydrogen-bond donors (Lipinski definition) is 1. The Morgan fingerprint density at radius 2 is 2.06 bits per heavy atom. The van der Waals surface area contributed by atoms with Gasteiger partial charge in [0, 0.05) is 18.1 Å². The third-order valence-corrected chi connectivity index (χ3v) is 2.47. The van der Waals surface area contributed by atoms with E-state index in [0.717, 1.165) is 22.9 Å². The monoisotopic (exact) mass is 213 g/mol. The summed E-state index contributed by atoms with van der Waals surface area (Å²) in [5.74, 6) is 1.66. The molecule has 0 unspecified atom stereocenters. The Morgan fingerprint density at radius 3 is 2.81 bits per heavy atom. The number of aromatic nitrogens is 2. The molecule has 0 aliphatic rings. The molecule has 4 nitrogen and oxygen atoms in total. The van der Waals surface area contributed by atoms with Gasteiger partial charge in [0.1, 0.15) is 17.1 Å². The number of pyridine rings is 1. The van der Waals surface area contributed by atoms with Gasteiger partial charge in [0.25, 0.3) is 0 Å². The van der Waals surface area contributed by atoms with Crippen molar-refractivity contribution in [3.8, 4) is 11.5 Å². The quantitative estimate of drug-likeness (QED) is 0.675. The van der Waals surface area contributed by atoms with Gasteiger partial charge in [-0.15, -0.1) is 0 Å². The molecular weight excluding hydrogens is 202 g/mol. The minimum Gasteiger partial charge on any atom is -0.460 e. The van der Waals surface area contributed by atoms with Gasteiger partial charge in [0.15, 0.2) is 5.76 Å². The first-order valence-corrected chi connectivity index (χ1v) is 5.03. The van der Waals surface area contributed by atoms with Crippen LogP contribution in [0.4, 0.5) is 5.69 Å². The fraction of sp³-hybridized carbons (Fsp3) is 0.0833. The predicted octanol–water partition coefficient (Wildman–Crippen LogP) is 2.48. The molecule has 2 N–H and O–H groups in total. The number of nitrogen functional groups attached to an aromatic ring is 1. The molecule has 0 saturated carbocycles. The molecule has 0 aromatic carbocycles. The van der Waals surface area contributed by atoms with Crippen LogP contribution in [0.3, 0.4) is 0 Å². The maximum atomic E-state index is 5.70. The summed E-state index contributed by atoms with van der Waals surface area (Å²) >= 11 is 0. The molecule has 0 amide bonds. The number of rotatable bonds is 1. The van der Waals surface area contributed by atoms with Gasteiger partial charge >= 0.3 is 0 Å². The van der Waals surface area contributed by atoms with Gasteiger partial charge in [-0.2, -0.15) is 0 Å². The van der Waals surface area contributed by atoms with Gasteiger partial charge in [0.2, 0.25) is 0 Å². The first-order valence-electron chi connectivity index (χ1n) is 5.03. The van der Waals surface area contributed by atoms with Crippen molar-refractivity contribution in [3.63, 3.8) is 0 Å². The smallest absolute Gasteiger partial charge is 0.154 e. The first kappa shape index (κ1) is 9.03. The lowest BCUT2D eigenvalue weighted by atomic mass is 10.3. The maximum Gasteiger partial charge on any atom is 0.154 e. The lowest BCUT2D eigenvalue weighted by molar-refractivity contribution is 0.547. The Morgan fingerprint density at radius 1 is 1.19 bits per heavy atom. The molecule has 0 fully saturated rings. The number of aryl methyl sites for hydroxylation is 1. The maximum absolute atomic E-state index is 5.70. The van der Waals surface area contributed by atoms with Crippen LogP contribution < -0.4 is 5.73 Å². The summed E-state index contributed by atoms with van der Waals surface area (Å²) in [6, 6.07) is 7.56. The normalized spacial score (nSPS) is 11.1. The number of anilines is 1. The number of furan rings is 1. The molecular formula is C12H11N3O. The summed E-state index contributed by atoms with van der Waals surface area (Å²) in [4.78, 5) is 4.45. The molecule has 4 heteroatoms. The molecule has 3 aromatic heterocycles. The van der Waals surface area contributed by atoms with Crippen molar-refractivity contribution in [1.82, 2.24) is 9.38 Å². The van der Waals surface area contributed by atoms with Crippen LogP contribution in [0.2, 0.25) is 0 Å². The van der Waals surface area contributed by atoms with E-state index in [1.807, 2.05) is 48.0 Å². The molecule has 0 spiro atoms. The lowest BCUT2D eigenvalue weighted by Crippen LogP contribution is -1.88. The predicted molar refractivity (Wildman–Crippen MR) is 62.0 cm³/mol. The van der Waals surface area contributed by atoms with Crippen LogP contribution in [-0.2, 0) is 0 Å². The summed E-state index contributed by atoms with van der Waals surface area (Å²) in [5.41, 5.74) is 8.10. The highest BCUT2D eigenvalue weighted by Crippen LogP contribution is 2.21. The Kier molecular flexibility index (Phi) is 1.77. The number of nitrogens with zero attached hydrogens (tertiary/aromatic N) is 2. The summed E-state index contributed by atoms with van der Waals surface area (Å²) in [6.45, 7) is 1.91. The van der Waals surface area contributed by atoms with Crippen molar-refractivity contribution >= 4 is 11.3 Å². The van der Waals surface area contributed by atoms with Crippen molar-refractivity contribution in [2.75, 3.05) is 5.73 Å². The number of hydrogen-bond acceptors (Lipinski definition) is 3. The average molecular weight is 213 g/mol. The zero-order valence-electron chi connectivity index (χ0n) is 8.84. The fourth-order valence-corrected chi connectivity index (χ4v) is 1.70. The van der Waals surface area contributed by atoms with E-state index in [-0.39, 0.29) is 0 Å². The molecule has 0 aliphatic carbocycles. The summed E-state index contributed by atoms with van der Waals surface area (Å²) in [5, 5.41) is 0. The molecule has 16 heavy (non-hydrogen) atoms. The van der Waals surface area contributed by atoms with E-state index in [4.69, 9.17) is 10.2 Å². The van der Waals surface area contributed by atoms with Crippen molar-refractivity contribution < 1.29 is 4.42 Å². The average Bonchev–Trinajstić information content (AvgIpc) is 2.83. The van der Waals surface area contributed by atoms with E-state index in [1.54, 1.807) is 0 Å². The Bertz CT molecular complexity index is 651. The van der Waals surface area contributed by atoms with Crippen LogP contribution in [0.5, 0.6) is 0 Å². The van der Waals surface area contributed by atoms with Crippen LogP contribution in [-0.4, -0.2) is 9.38 Å². The molecule has 0 aliphatic heterocycles. The largest absolute Gasteiger partial charge is 0.460 e. The highest BCUT2D eigenvalue weighted by atomic mass is 16.3. The number of fused-ring (bicyclic) bond motifs is 1. The van der Waals surface area contributed by atoms with E-state index in [0.29, 0.717) is 5.69 Å². The SMILES string of the molecule is Cc1ccc(-c2cn3cc(N)ccc3n2)o1. The Hall–Kier alpha value is -2.23. The van der Waals surface area contributed by atoms with E-state index >= 15 is 0 Å². The Balaban J connectivity index is 2.18. The second kappa shape index (κ2) is 3.13. The molecule has 80 valence electrons. The highest BCUT2D eigenvalue weighted by Gasteiger charge is 2.07. The number of nitrogens with two attached hydrogens (primary N) is 1. The van der Waals surface area contributed by atoms with Crippen molar-refractivity contribution in [1.29, 1.82) is 0 Å². The summed E-state index contributed by atoms with van der Waals surface area (Å²) in [6.07, 6.45) is 3.74. The third kappa shape index (κ3) is 1.35. The second-order valence-electron chi connectivity index (χ2n) is 3.76. The standard InChI is InChI=1S/C12H11N3O/c1-8-2-4-11(16-8)10-7-15-6-9(13)3-5-12(15)14-10/h2-7H,13H2,1H3. The van der Waals surface area contributed by atoms with Gasteiger partial charge in [-0.1, -0.05) is 0 Å². The van der Waals surface area contributed by atoms with E-state index in [1.165, 1.54) is 0 Å². The Labute approximate surface area is 92.3 Å². The van der Waals surface area contributed by atoms with Crippen LogP contribution >= 0.6 is 0 Å².